The van der Waals surface area contributed by atoms with Gasteiger partial charge in [-0.15, -0.1) is 16.4 Å². The summed E-state index contributed by atoms with van der Waals surface area (Å²) in [6.45, 7) is 1.80. The number of thiazole rings is 1. The minimum atomic E-state index is -2.58. The smallest absolute Gasteiger partial charge is 0.265 e. The first-order chi connectivity index (χ1) is 15.8. The standard InChI is InChI=1S/C22H20F2N6O2S/c1-12(13-5-4-6-14(9-13)18(23)24)27-19-15-10-16(20(31)29(2)17(15)11-26-28-19)21(32)30(3)22-25-7-8-33-22/h4-12,18H,1-3H3,(H,27,28)/t12-/m1/s1. The summed E-state index contributed by atoms with van der Waals surface area (Å²) >= 11 is 1.28. The number of carbonyl (C=O) groups excluding carboxylic acids is 1. The van der Waals surface area contributed by atoms with Gasteiger partial charge in [-0.2, -0.15) is 5.10 Å². The maximum Gasteiger partial charge on any atom is 0.265 e. The average Bonchev–Trinajstić information content (AvgIpc) is 3.36. The Morgan fingerprint density at radius 2 is 2.00 bits per heavy atom. The van der Waals surface area contributed by atoms with Crippen LogP contribution in [0.1, 0.15) is 40.9 Å². The van der Waals surface area contributed by atoms with Crippen LogP contribution in [0, 0.1) is 0 Å². The van der Waals surface area contributed by atoms with E-state index in [1.165, 1.54) is 45.2 Å². The number of nitrogens with zero attached hydrogens (tertiary/aromatic N) is 5. The van der Waals surface area contributed by atoms with Crippen molar-refractivity contribution in [2.45, 2.75) is 19.4 Å². The Hall–Kier alpha value is -3.73. The van der Waals surface area contributed by atoms with Gasteiger partial charge >= 0.3 is 0 Å². The van der Waals surface area contributed by atoms with E-state index in [-0.39, 0.29) is 11.1 Å². The highest BCUT2D eigenvalue weighted by Crippen LogP contribution is 2.27. The zero-order valence-corrected chi connectivity index (χ0v) is 18.8. The van der Waals surface area contributed by atoms with E-state index in [0.29, 0.717) is 27.4 Å². The molecule has 33 heavy (non-hydrogen) atoms. The van der Waals surface area contributed by atoms with Crippen molar-refractivity contribution in [3.8, 4) is 0 Å². The number of halogens is 2. The fourth-order valence-corrected chi connectivity index (χ4v) is 4.06. The van der Waals surface area contributed by atoms with E-state index in [0.717, 1.165) is 0 Å². The molecule has 1 aromatic carbocycles. The van der Waals surface area contributed by atoms with Gasteiger partial charge in [-0.05, 0) is 24.6 Å². The van der Waals surface area contributed by atoms with Crippen molar-refractivity contribution in [3.63, 3.8) is 0 Å². The largest absolute Gasteiger partial charge is 0.361 e. The summed E-state index contributed by atoms with van der Waals surface area (Å²) < 4.78 is 27.5. The van der Waals surface area contributed by atoms with Gasteiger partial charge in [0.05, 0.1) is 17.8 Å². The van der Waals surface area contributed by atoms with Gasteiger partial charge in [0.2, 0.25) is 0 Å². The Labute approximate surface area is 191 Å². The second-order valence-electron chi connectivity index (χ2n) is 7.43. The van der Waals surface area contributed by atoms with Crippen LogP contribution in [0.2, 0.25) is 0 Å². The molecule has 170 valence electrons. The number of fused-ring (bicyclic) bond motifs is 1. The van der Waals surface area contributed by atoms with Crippen molar-refractivity contribution in [3.05, 3.63) is 75.1 Å². The van der Waals surface area contributed by atoms with Crippen LogP contribution in [-0.2, 0) is 7.05 Å². The number of aromatic nitrogens is 4. The zero-order chi connectivity index (χ0) is 23.7. The highest BCUT2D eigenvalue weighted by atomic mass is 32.1. The molecule has 0 aliphatic heterocycles. The molecule has 0 aliphatic carbocycles. The third kappa shape index (κ3) is 4.31. The van der Waals surface area contributed by atoms with Crippen molar-refractivity contribution in [1.82, 2.24) is 19.7 Å². The molecule has 0 saturated heterocycles. The number of pyridine rings is 1. The zero-order valence-electron chi connectivity index (χ0n) is 18.0. The lowest BCUT2D eigenvalue weighted by molar-refractivity contribution is 0.0991. The maximum absolute atomic E-state index is 13.1. The molecular weight excluding hydrogens is 450 g/mol. The summed E-state index contributed by atoms with van der Waals surface area (Å²) in [5.41, 5.74) is 0.500. The molecule has 0 saturated carbocycles. The van der Waals surface area contributed by atoms with E-state index in [2.05, 4.69) is 20.5 Å². The highest BCUT2D eigenvalue weighted by molar-refractivity contribution is 7.13. The van der Waals surface area contributed by atoms with Gasteiger partial charge in [0.15, 0.2) is 10.9 Å². The molecule has 0 spiro atoms. The van der Waals surface area contributed by atoms with Gasteiger partial charge in [0.1, 0.15) is 5.56 Å². The van der Waals surface area contributed by atoms with Crippen molar-refractivity contribution < 1.29 is 13.6 Å². The highest BCUT2D eigenvalue weighted by Gasteiger charge is 2.22. The molecule has 1 atom stereocenters. The third-order valence-electron chi connectivity index (χ3n) is 5.31. The minimum absolute atomic E-state index is 0.0499. The Morgan fingerprint density at radius 1 is 1.24 bits per heavy atom. The van der Waals surface area contributed by atoms with Crippen LogP contribution in [-0.4, -0.2) is 32.7 Å². The Balaban J connectivity index is 1.75. The summed E-state index contributed by atoms with van der Waals surface area (Å²) in [5, 5.41) is 14.0. The summed E-state index contributed by atoms with van der Waals surface area (Å²) in [6.07, 6.45) is 0.431. The third-order valence-corrected chi connectivity index (χ3v) is 6.16. The number of hydrogen-bond acceptors (Lipinski definition) is 7. The molecule has 0 fully saturated rings. The molecule has 4 rings (SSSR count). The molecule has 0 aliphatic rings. The second kappa shape index (κ2) is 9.02. The number of nitrogens with one attached hydrogen (secondary N) is 1. The maximum atomic E-state index is 13.1. The molecule has 11 heteroatoms. The number of amides is 1. The van der Waals surface area contributed by atoms with E-state index in [9.17, 15) is 18.4 Å². The number of hydrogen-bond donors (Lipinski definition) is 1. The van der Waals surface area contributed by atoms with Crippen LogP contribution in [0.5, 0.6) is 0 Å². The van der Waals surface area contributed by atoms with Gasteiger partial charge in [-0.25, -0.2) is 13.8 Å². The van der Waals surface area contributed by atoms with Crippen molar-refractivity contribution in [1.29, 1.82) is 0 Å². The van der Waals surface area contributed by atoms with Crippen LogP contribution < -0.4 is 15.8 Å². The molecule has 1 N–H and O–H groups in total. The number of anilines is 2. The molecule has 3 aromatic heterocycles. The van der Waals surface area contributed by atoms with Gasteiger partial charge in [0, 0.05) is 36.6 Å². The first-order valence-electron chi connectivity index (χ1n) is 9.95. The SMILES string of the molecule is C[C@@H](Nc1nncc2c1cc(C(=O)N(C)c1nccs1)c(=O)n2C)c1cccc(C(F)F)c1. The monoisotopic (exact) mass is 470 g/mol. The Bertz CT molecular complexity index is 1370. The lowest BCUT2D eigenvalue weighted by Gasteiger charge is -2.18. The molecule has 0 unspecified atom stereocenters. The fraction of sp³-hybridized carbons (Fsp3) is 0.227. The second-order valence-corrected chi connectivity index (χ2v) is 8.30. The Kier molecular flexibility index (Phi) is 6.14. The number of alkyl halides is 2. The van der Waals surface area contributed by atoms with Crippen LogP contribution in [0.3, 0.4) is 0 Å². The molecule has 3 heterocycles. The predicted molar refractivity (Wildman–Crippen MR) is 123 cm³/mol. The number of rotatable bonds is 6. The first-order valence-corrected chi connectivity index (χ1v) is 10.8. The quantitative estimate of drug-likeness (QED) is 0.455. The van der Waals surface area contributed by atoms with Crippen molar-refractivity contribution in [2.24, 2.45) is 7.05 Å². The van der Waals surface area contributed by atoms with Crippen molar-refractivity contribution in [2.75, 3.05) is 17.3 Å². The van der Waals surface area contributed by atoms with Crippen LogP contribution in [0.4, 0.5) is 19.7 Å². The first kappa shape index (κ1) is 22.5. The van der Waals surface area contributed by atoms with E-state index >= 15 is 0 Å². The van der Waals surface area contributed by atoms with E-state index < -0.39 is 23.9 Å². The lowest BCUT2D eigenvalue weighted by Crippen LogP contribution is -2.34. The summed E-state index contributed by atoms with van der Waals surface area (Å²) in [7, 11) is 3.10. The summed E-state index contributed by atoms with van der Waals surface area (Å²) in [4.78, 5) is 31.4. The van der Waals surface area contributed by atoms with Gasteiger partial charge in [0.25, 0.3) is 17.9 Å². The summed E-state index contributed by atoms with van der Waals surface area (Å²) in [5.74, 6) is -0.183. The Morgan fingerprint density at radius 3 is 2.70 bits per heavy atom. The average molecular weight is 471 g/mol. The van der Waals surface area contributed by atoms with Gasteiger partial charge < -0.3 is 9.88 Å². The number of carbonyl (C=O) groups is 1. The van der Waals surface area contributed by atoms with Gasteiger partial charge in [-0.3, -0.25) is 14.5 Å². The normalized spacial score (nSPS) is 12.2. The summed E-state index contributed by atoms with van der Waals surface area (Å²) in [6, 6.07) is 7.18. The van der Waals surface area contributed by atoms with Crippen LogP contribution >= 0.6 is 11.3 Å². The van der Waals surface area contributed by atoms with Crippen LogP contribution in [0.25, 0.3) is 10.9 Å². The molecule has 0 radical (unpaired) electrons. The van der Waals surface area contributed by atoms with E-state index in [4.69, 9.17) is 0 Å². The van der Waals surface area contributed by atoms with E-state index in [1.807, 2.05) is 0 Å². The van der Waals surface area contributed by atoms with E-state index in [1.54, 1.807) is 44.7 Å². The minimum Gasteiger partial charge on any atom is -0.361 e. The topological polar surface area (TPSA) is 93.0 Å². The predicted octanol–water partition coefficient (Wildman–Crippen LogP) is 4.17. The molecular formula is C22H20F2N6O2S. The fourth-order valence-electron chi connectivity index (χ4n) is 3.45. The molecule has 8 nitrogen and oxygen atoms in total. The number of benzene rings is 1. The van der Waals surface area contributed by atoms with Crippen molar-refractivity contribution >= 4 is 39.1 Å². The lowest BCUT2D eigenvalue weighted by atomic mass is 10.0. The number of aryl methyl sites for hydroxylation is 1. The molecule has 1 amide bonds. The molecule has 4 aromatic rings. The van der Waals surface area contributed by atoms with Crippen LogP contribution in [0.15, 0.2) is 52.9 Å². The molecule has 0 bridgehead atoms. The van der Waals surface area contributed by atoms with Gasteiger partial charge in [-0.1, -0.05) is 18.2 Å².